The van der Waals surface area contributed by atoms with Gasteiger partial charge in [-0.25, -0.2) is 4.79 Å². The Morgan fingerprint density at radius 2 is 1.72 bits per heavy atom. The Bertz CT molecular complexity index is 1140. The molecule has 2 aromatic carbocycles. The standard InChI is InChI=1S/C24H22N2O3/c1-4-29-24(28)22-16(3)26(17-10-6-5-7-11-17)15(2)19(22)14-20-18-12-8-9-13-21(18)25-23(20)27/h5-14H,4H2,1-3H3,(H,25,27)/b20-14-. The molecule has 0 spiro atoms. The van der Waals surface area contributed by atoms with Gasteiger partial charge in [-0.05, 0) is 45.0 Å². The van der Waals surface area contributed by atoms with Gasteiger partial charge in [0.1, 0.15) is 0 Å². The molecule has 1 aromatic heterocycles. The Labute approximate surface area is 169 Å². The quantitative estimate of drug-likeness (QED) is 0.519. The van der Waals surface area contributed by atoms with Gasteiger partial charge in [0.25, 0.3) is 5.91 Å². The average molecular weight is 386 g/mol. The third kappa shape index (κ3) is 3.14. The molecular weight excluding hydrogens is 364 g/mol. The van der Waals surface area contributed by atoms with Gasteiger partial charge < -0.3 is 14.6 Å². The number of amides is 1. The highest BCUT2D eigenvalue weighted by atomic mass is 16.5. The SMILES string of the molecule is CCOC(=O)c1c(/C=C2\C(=O)Nc3ccccc32)c(C)n(-c2ccccc2)c1C. The Morgan fingerprint density at radius 3 is 2.45 bits per heavy atom. The lowest BCUT2D eigenvalue weighted by Crippen LogP contribution is -2.08. The van der Waals surface area contributed by atoms with Crippen molar-refractivity contribution >= 4 is 29.2 Å². The number of nitrogens with one attached hydrogen (secondary N) is 1. The molecule has 0 saturated carbocycles. The molecule has 1 aliphatic heterocycles. The first kappa shape index (κ1) is 18.7. The zero-order chi connectivity index (χ0) is 20.5. The third-order valence-corrected chi connectivity index (χ3v) is 5.18. The van der Waals surface area contributed by atoms with Crippen LogP contribution < -0.4 is 5.32 Å². The predicted molar refractivity (Wildman–Crippen MR) is 114 cm³/mol. The molecule has 0 radical (unpaired) electrons. The summed E-state index contributed by atoms with van der Waals surface area (Å²) in [6.45, 7) is 5.92. The van der Waals surface area contributed by atoms with Crippen molar-refractivity contribution in [3.8, 4) is 5.69 Å². The lowest BCUT2D eigenvalue weighted by Gasteiger charge is -2.09. The number of benzene rings is 2. The summed E-state index contributed by atoms with van der Waals surface area (Å²) in [5.74, 6) is -0.563. The van der Waals surface area contributed by atoms with Crippen molar-refractivity contribution < 1.29 is 14.3 Å². The average Bonchev–Trinajstić information content (AvgIpc) is 3.16. The maximum absolute atomic E-state index is 12.8. The molecule has 2 heterocycles. The van der Waals surface area contributed by atoms with Crippen LogP contribution in [0, 0.1) is 13.8 Å². The minimum Gasteiger partial charge on any atom is -0.462 e. The van der Waals surface area contributed by atoms with Crippen molar-refractivity contribution in [3.63, 3.8) is 0 Å². The van der Waals surface area contributed by atoms with Crippen LogP contribution in [0.25, 0.3) is 17.3 Å². The van der Waals surface area contributed by atoms with E-state index in [-0.39, 0.29) is 18.5 Å². The van der Waals surface area contributed by atoms with Crippen LogP contribution in [0.1, 0.15) is 39.8 Å². The van der Waals surface area contributed by atoms with Crippen LogP contribution in [0.2, 0.25) is 0 Å². The van der Waals surface area contributed by atoms with Gasteiger partial charge in [0, 0.05) is 39.5 Å². The normalized spacial score (nSPS) is 14.0. The number of nitrogens with zero attached hydrogens (tertiary/aromatic N) is 1. The second kappa shape index (κ2) is 7.43. The topological polar surface area (TPSA) is 60.3 Å². The fourth-order valence-corrected chi connectivity index (χ4v) is 3.89. The van der Waals surface area contributed by atoms with E-state index in [2.05, 4.69) is 5.32 Å². The van der Waals surface area contributed by atoms with Crippen LogP contribution in [0.3, 0.4) is 0 Å². The third-order valence-electron chi connectivity index (χ3n) is 5.18. The Hall–Kier alpha value is -3.60. The van der Waals surface area contributed by atoms with E-state index in [1.807, 2.05) is 73.0 Å². The number of carbonyl (C=O) groups excluding carboxylic acids is 2. The van der Waals surface area contributed by atoms with Gasteiger partial charge >= 0.3 is 5.97 Å². The van der Waals surface area contributed by atoms with Crippen LogP contribution in [-0.4, -0.2) is 23.1 Å². The van der Waals surface area contributed by atoms with Gasteiger partial charge in [-0.3, -0.25) is 4.79 Å². The highest BCUT2D eigenvalue weighted by Gasteiger charge is 2.28. The summed E-state index contributed by atoms with van der Waals surface area (Å²) in [7, 11) is 0. The molecule has 1 amide bonds. The molecule has 0 unspecified atom stereocenters. The lowest BCUT2D eigenvalue weighted by molar-refractivity contribution is -0.110. The van der Waals surface area contributed by atoms with Crippen LogP contribution in [0.15, 0.2) is 54.6 Å². The Balaban J connectivity index is 1.96. The monoisotopic (exact) mass is 386 g/mol. The van der Waals surface area contributed by atoms with Crippen molar-refractivity contribution in [3.05, 3.63) is 82.7 Å². The van der Waals surface area contributed by atoms with Gasteiger partial charge in [-0.2, -0.15) is 0 Å². The smallest absolute Gasteiger partial charge is 0.340 e. The molecule has 29 heavy (non-hydrogen) atoms. The van der Waals surface area contributed by atoms with Gasteiger partial charge in [0.05, 0.1) is 12.2 Å². The molecule has 5 heteroatoms. The van der Waals surface area contributed by atoms with Crippen LogP contribution in [-0.2, 0) is 9.53 Å². The fourth-order valence-electron chi connectivity index (χ4n) is 3.89. The Kier molecular flexibility index (Phi) is 4.80. The molecular formula is C24H22N2O3. The predicted octanol–water partition coefficient (Wildman–Crippen LogP) is 4.76. The van der Waals surface area contributed by atoms with Crippen molar-refractivity contribution in [1.29, 1.82) is 0 Å². The lowest BCUT2D eigenvalue weighted by atomic mass is 10.0. The summed E-state index contributed by atoms with van der Waals surface area (Å²) >= 11 is 0. The van der Waals surface area contributed by atoms with Crippen molar-refractivity contribution in [2.24, 2.45) is 0 Å². The molecule has 3 aromatic rings. The van der Waals surface area contributed by atoms with Gasteiger partial charge in [0.15, 0.2) is 0 Å². The Morgan fingerprint density at radius 1 is 1.03 bits per heavy atom. The summed E-state index contributed by atoms with van der Waals surface area (Å²) in [5.41, 5.74) is 5.94. The molecule has 5 nitrogen and oxygen atoms in total. The van der Waals surface area contributed by atoms with E-state index in [1.54, 1.807) is 13.0 Å². The molecule has 1 N–H and O–H groups in total. The van der Waals surface area contributed by atoms with Crippen LogP contribution in [0.5, 0.6) is 0 Å². The zero-order valence-corrected chi connectivity index (χ0v) is 16.7. The van der Waals surface area contributed by atoms with E-state index in [0.29, 0.717) is 16.7 Å². The molecule has 0 fully saturated rings. The minimum absolute atomic E-state index is 0.175. The van der Waals surface area contributed by atoms with Crippen molar-refractivity contribution in [2.75, 3.05) is 11.9 Å². The number of fused-ring (bicyclic) bond motifs is 1. The summed E-state index contributed by atoms with van der Waals surface area (Å²) in [4.78, 5) is 25.4. The number of aromatic nitrogens is 1. The number of carbonyl (C=O) groups is 2. The highest BCUT2D eigenvalue weighted by Crippen LogP contribution is 2.36. The molecule has 4 rings (SSSR count). The fraction of sp³-hybridized carbons (Fsp3) is 0.167. The van der Waals surface area contributed by atoms with E-state index in [1.165, 1.54) is 0 Å². The first-order valence-electron chi connectivity index (χ1n) is 9.59. The molecule has 0 aliphatic carbocycles. The molecule has 0 bridgehead atoms. The number of hydrogen-bond acceptors (Lipinski definition) is 3. The van der Waals surface area contributed by atoms with E-state index in [4.69, 9.17) is 4.74 Å². The first-order chi connectivity index (χ1) is 14.0. The van der Waals surface area contributed by atoms with Crippen LogP contribution >= 0.6 is 0 Å². The second-order valence-electron chi connectivity index (χ2n) is 6.91. The minimum atomic E-state index is -0.388. The summed E-state index contributed by atoms with van der Waals surface area (Å²) in [6.07, 6.45) is 1.80. The summed E-state index contributed by atoms with van der Waals surface area (Å²) in [6, 6.07) is 17.4. The first-order valence-corrected chi connectivity index (χ1v) is 9.59. The summed E-state index contributed by atoms with van der Waals surface area (Å²) in [5, 5.41) is 2.88. The van der Waals surface area contributed by atoms with Gasteiger partial charge in [0.2, 0.25) is 0 Å². The van der Waals surface area contributed by atoms with Crippen LogP contribution in [0.4, 0.5) is 5.69 Å². The number of para-hydroxylation sites is 2. The van der Waals surface area contributed by atoms with E-state index < -0.39 is 0 Å². The van der Waals surface area contributed by atoms with Crippen molar-refractivity contribution in [2.45, 2.75) is 20.8 Å². The second-order valence-corrected chi connectivity index (χ2v) is 6.91. The molecule has 0 atom stereocenters. The zero-order valence-electron chi connectivity index (χ0n) is 16.7. The number of anilines is 1. The maximum atomic E-state index is 12.8. The molecule has 1 aliphatic rings. The van der Waals surface area contributed by atoms with E-state index in [9.17, 15) is 9.59 Å². The number of esters is 1. The van der Waals surface area contributed by atoms with E-state index >= 15 is 0 Å². The highest BCUT2D eigenvalue weighted by molar-refractivity contribution is 6.35. The maximum Gasteiger partial charge on any atom is 0.340 e. The van der Waals surface area contributed by atoms with Gasteiger partial charge in [-0.15, -0.1) is 0 Å². The number of hydrogen-bond donors (Lipinski definition) is 1. The van der Waals surface area contributed by atoms with Crippen molar-refractivity contribution in [1.82, 2.24) is 4.57 Å². The summed E-state index contributed by atoms with van der Waals surface area (Å²) < 4.78 is 7.36. The molecule has 146 valence electrons. The molecule has 0 saturated heterocycles. The van der Waals surface area contributed by atoms with Gasteiger partial charge in [-0.1, -0.05) is 36.4 Å². The largest absolute Gasteiger partial charge is 0.462 e. The number of ether oxygens (including phenoxy) is 1. The number of rotatable bonds is 4. The van der Waals surface area contributed by atoms with E-state index in [0.717, 1.165) is 28.3 Å².